The molecule has 1 saturated heterocycles. The molecule has 1 aliphatic rings. The minimum absolute atomic E-state index is 0.396. The molecule has 132 valence electrons. The van der Waals surface area contributed by atoms with E-state index in [0.717, 1.165) is 30.0 Å². The fourth-order valence-electron chi connectivity index (χ4n) is 3.02. The summed E-state index contributed by atoms with van der Waals surface area (Å²) in [6.45, 7) is 2.00. The molecular formula is C19H21N7. The van der Waals surface area contributed by atoms with E-state index in [1.54, 1.807) is 13.2 Å². The Morgan fingerprint density at radius 1 is 1.38 bits per heavy atom. The minimum atomic E-state index is 0.396. The Morgan fingerprint density at radius 3 is 2.88 bits per heavy atom. The summed E-state index contributed by atoms with van der Waals surface area (Å²) in [5.41, 5.74) is 3.26. The lowest BCUT2D eigenvalue weighted by atomic mass is 10.1. The first-order valence-electron chi connectivity index (χ1n) is 8.59. The summed E-state index contributed by atoms with van der Waals surface area (Å²) < 4.78 is 0. The quantitative estimate of drug-likeness (QED) is 0.639. The monoisotopic (exact) mass is 347 g/mol. The Morgan fingerprint density at radius 2 is 2.19 bits per heavy atom. The van der Waals surface area contributed by atoms with Crippen molar-refractivity contribution in [2.24, 2.45) is 4.99 Å². The highest BCUT2D eigenvalue weighted by Gasteiger charge is 2.16. The molecule has 0 aliphatic carbocycles. The van der Waals surface area contributed by atoms with Gasteiger partial charge >= 0.3 is 0 Å². The number of rotatable bonds is 5. The first-order valence-corrected chi connectivity index (χ1v) is 8.59. The van der Waals surface area contributed by atoms with Crippen LogP contribution in [0.1, 0.15) is 24.8 Å². The van der Waals surface area contributed by atoms with E-state index in [2.05, 4.69) is 31.2 Å². The highest BCUT2D eigenvalue weighted by Crippen LogP contribution is 2.28. The number of anilines is 2. The van der Waals surface area contributed by atoms with Gasteiger partial charge in [-0.05, 0) is 31.0 Å². The van der Waals surface area contributed by atoms with Gasteiger partial charge in [0.2, 0.25) is 5.95 Å². The van der Waals surface area contributed by atoms with Crippen LogP contribution >= 0.6 is 0 Å². The van der Waals surface area contributed by atoms with Gasteiger partial charge in [0.1, 0.15) is 11.9 Å². The molecule has 0 atom stereocenters. The van der Waals surface area contributed by atoms with Gasteiger partial charge in [-0.25, -0.2) is 9.97 Å². The van der Waals surface area contributed by atoms with Crippen molar-refractivity contribution in [2.75, 3.05) is 30.4 Å². The SMILES string of the molecule is CN=C(CC=N)Nc1nccc(-c2ccc(N3CCCC3)c(C#N)c2)n1. The van der Waals surface area contributed by atoms with Gasteiger partial charge < -0.3 is 15.6 Å². The number of nitrogens with one attached hydrogen (secondary N) is 2. The molecule has 2 N–H and O–H groups in total. The number of hydrogen-bond donors (Lipinski definition) is 2. The molecule has 1 aromatic heterocycles. The molecule has 0 saturated carbocycles. The molecule has 1 fully saturated rings. The van der Waals surface area contributed by atoms with Gasteiger partial charge in [-0.3, -0.25) is 4.99 Å². The summed E-state index contributed by atoms with van der Waals surface area (Å²) in [5.74, 6) is 1.05. The van der Waals surface area contributed by atoms with E-state index in [1.807, 2.05) is 24.3 Å². The van der Waals surface area contributed by atoms with Gasteiger partial charge in [-0.15, -0.1) is 0 Å². The summed E-state index contributed by atoms with van der Waals surface area (Å²) in [5, 5.41) is 19.8. The summed E-state index contributed by atoms with van der Waals surface area (Å²) >= 11 is 0. The van der Waals surface area contributed by atoms with E-state index < -0.39 is 0 Å². The van der Waals surface area contributed by atoms with Gasteiger partial charge in [0.15, 0.2) is 0 Å². The maximum absolute atomic E-state index is 9.56. The highest BCUT2D eigenvalue weighted by molar-refractivity contribution is 6.01. The third-order valence-corrected chi connectivity index (χ3v) is 4.34. The normalized spacial score (nSPS) is 14.2. The van der Waals surface area contributed by atoms with E-state index in [1.165, 1.54) is 19.1 Å². The van der Waals surface area contributed by atoms with Gasteiger partial charge in [0, 0.05) is 44.5 Å². The van der Waals surface area contributed by atoms with Crippen molar-refractivity contribution in [2.45, 2.75) is 19.3 Å². The van der Waals surface area contributed by atoms with Crippen molar-refractivity contribution in [3.63, 3.8) is 0 Å². The van der Waals surface area contributed by atoms with Crippen LogP contribution in [0.15, 0.2) is 35.5 Å². The largest absolute Gasteiger partial charge is 0.370 e. The van der Waals surface area contributed by atoms with Crippen molar-refractivity contribution in [3.05, 3.63) is 36.0 Å². The molecule has 0 radical (unpaired) electrons. The number of aromatic nitrogens is 2. The molecule has 2 aromatic rings. The van der Waals surface area contributed by atoms with Crippen LogP contribution < -0.4 is 10.2 Å². The van der Waals surface area contributed by atoms with Crippen molar-refractivity contribution in [1.82, 2.24) is 9.97 Å². The molecule has 1 aromatic carbocycles. The lowest BCUT2D eigenvalue weighted by Crippen LogP contribution is -2.18. The number of aliphatic imine (C=N–C) groups is 1. The van der Waals surface area contributed by atoms with Crippen LogP contribution in [0.5, 0.6) is 0 Å². The van der Waals surface area contributed by atoms with Crippen LogP contribution in [0.25, 0.3) is 11.3 Å². The van der Waals surface area contributed by atoms with Gasteiger partial charge in [-0.1, -0.05) is 6.07 Å². The zero-order valence-electron chi connectivity index (χ0n) is 14.7. The van der Waals surface area contributed by atoms with Gasteiger partial charge in [-0.2, -0.15) is 5.26 Å². The molecular weight excluding hydrogens is 326 g/mol. The predicted octanol–water partition coefficient (Wildman–Crippen LogP) is 3.10. The Kier molecular flexibility index (Phi) is 5.54. The maximum Gasteiger partial charge on any atom is 0.228 e. The Bertz CT molecular complexity index is 860. The first-order chi connectivity index (χ1) is 12.7. The smallest absolute Gasteiger partial charge is 0.228 e. The Balaban J connectivity index is 1.88. The standard InChI is InChI=1S/C19H21N7/c1-22-18(6-8-20)25-19-23-9-7-16(24-19)14-4-5-17(15(12-14)13-21)26-10-2-3-11-26/h4-5,7-9,12,20H,2-3,6,10-11H2,1H3,(H,22,23,24,25). The fourth-order valence-corrected chi connectivity index (χ4v) is 3.02. The van der Waals surface area contributed by atoms with Crippen LogP contribution in [-0.4, -0.2) is 42.2 Å². The van der Waals surface area contributed by atoms with E-state index in [9.17, 15) is 5.26 Å². The van der Waals surface area contributed by atoms with Crippen molar-refractivity contribution in [3.8, 4) is 17.3 Å². The van der Waals surface area contributed by atoms with Gasteiger partial charge in [0.25, 0.3) is 0 Å². The molecule has 26 heavy (non-hydrogen) atoms. The summed E-state index contributed by atoms with van der Waals surface area (Å²) in [6, 6.07) is 10.0. The number of hydrogen-bond acceptors (Lipinski definition) is 6. The average molecular weight is 347 g/mol. The van der Waals surface area contributed by atoms with E-state index in [4.69, 9.17) is 5.41 Å². The van der Waals surface area contributed by atoms with Crippen LogP contribution in [0.2, 0.25) is 0 Å². The molecule has 0 unspecified atom stereocenters. The Hall–Kier alpha value is -3.27. The molecule has 1 aliphatic heterocycles. The predicted molar refractivity (Wildman–Crippen MR) is 104 cm³/mol. The molecule has 0 amide bonds. The minimum Gasteiger partial charge on any atom is -0.370 e. The first kappa shape index (κ1) is 17.5. The van der Waals surface area contributed by atoms with Crippen molar-refractivity contribution < 1.29 is 0 Å². The fraction of sp³-hybridized carbons (Fsp3) is 0.316. The Labute approximate surface area is 152 Å². The lowest BCUT2D eigenvalue weighted by Gasteiger charge is -2.19. The number of nitriles is 1. The molecule has 7 nitrogen and oxygen atoms in total. The molecule has 0 spiro atoms. The third-order valence-electron chi connectivity index (χ3n) is 4.34. The molecule has 3 rings (SSSR count). The average Bonchev–Trinajstić information content (AvgIpc) is 3.22. The molecule has 2 heterocycles. The van der Waals surface area contributed by atoms with Crippen LogP contribution in [0, 0.1) is 16.7 Å². The lowest BCUT2D eigenvalue weighted by molar-refractivity contribution is 0.949. The molecule has 7 heteroatoms. The number of benzene rings is 1. The van der Waals surface area contributed by atoms with Crippen molar-refractivity contribution >= 4 is 23.7 Å². The van der Waals surface area contributed by atoms with E-state index in [-0.39, 0.29) is 0 Å². The second kappa shape index (κ2) is 8.21. The van der Waals surface area contributed by atoms with Gasteiger partial charge in [0.05, 0.1) is 16.9 Å². The topological polar surface area (TPSA) is 101 Å². The number of nitrogens with zero attached hydrogens (tertiary/aromatic N) is 5. The van der Waals surface area contributed by atoms with Crippen LogP contribution in [0.4, 0.5) is 11.6 Å². The van der Waals surface area contributed by atoms with Crippen LogP contribution in [-0.2, 0) is 0 Å². The van der Waals surface area contributed by atoms with E-state index in [0.29, 0.717) is 23.8 Å². The number of amidine groups is 1. The molecule has 0 bridgehead atoms. The van der Waals surface area contributed by atoms with E-state index >= 15 is 0 Å². The summed E-state index contributed by atoms with van der Waals surface area (Å²) in [4.78, 5) is 15.1. The summed E-state index contributed by atoms with van der Waals surface area (Å²) in [6.07, 6.45) is 5.68. The maximum atomic E-state index is 9.56. The second-order valence-electron chi connectivity index (χ2n) is 6.01. The zero-order chi connectivity index (χ0) is 18.4. The third kappa shape index (κ3) is 3.86. The van der Waals surface area contributed by atoms with Crippen molar-refractivity contribution in [1.29, 1.82) is 10.7 Å². The summed E-state index contributed by atoms with van der Waals surface area (Å²) in [7, 11) is 1.66. The zero-order valence-corrected chi connectivity index (χ0v) is 14.7. The van der Waals surface area contributed by atoms with Crippen LogP contribution in [0.3, 0.4) is 0 Å². The second-order valence-corrected chi connectivity index (χ2v) is 6.01. The highest BCUT2D eigenvalue weighted by atomic mass is 15.1.